The lowest BCUT2D eigenvalue weighted by atomic mass is 9.74. The van der Waals surface area contributed by atoms with Crippen LogP contribution < -0.4 is 5.32 Å². The Morgan fingerprint density at radius 2 is 2.00 bits per heavy atom. The summed E-state index contributed by atoms with van der Waals surface area (Å²) in [5, 5.41) is 3.61. The van der Waals surface area contributed by atoms with Gasteiger partial charge in [-0.05, 0) is 49.7 Å². The summed E-state index contributed by atoms with van der Waals surface area (Å²) in [7, 11) is 0. The molecule has 1 amide bonds. The van der Waals surface area contributed by atoms with E-state index in [1.807, 2.05) is 17.0 Å². The van der Waals surface area contributed by atoms with Crippen LogP contribution in [-0.2, 0) is 10.2 Å². The van der Waals surface area contributed by atoms with Gasteiger partial charge >= 0.3 is 0 Å². The number of amides is 1. The predicted octanol–water partition coefficient (Wildman–Crippen LogP) is 2.56. The zero-order valence-electron chi connectivity index (χ0n) is 16.9. The third-order valence-electron chi connectivity index (χ3n) is 6.90. The zero-order valence-corrected chi connectivity index (χ0v) is 16.9. The number of aromatic amines is 1. The number of H-pyrrole nitrogens is 1. The minimum Gasteiger partial charge on any atom is -0.384 e. The number of nitrogens with one attached hydrogen (secondary N) is 2. The summed E-state index contributed by atoms with van der Waals surface area (Å²) >= 11 is 0. The van der Waals surface area contributed by atoms with Crippen LogP contribution in [0.3, 0.4) is 0 Å². The quantitative estimate of drug-likeness (QED) is 0.840. The highest BCUT2D eigenvalue weighted by Crippen LogP contribution is 2.43. The molecule has 0 bridgehead atoms. The molecule has 4 heterocycles. The maximum Gasteiger partial charge on any atom is 0.270 e. The van der Waals surface area contributed by atoms with E-state index in [2.05, 4.69) is 39.5 Å². The normalized spacial score (nSPS) is 24.1. The highest BCUT2D eigenvalue weighted by molar-refractivity contribution is 5.92. The van der Waals surface area contributed by atoms with Gasteiger partial charge in [0.15, 0.2) is 0 Å². The van der Waals surface area contributed by atoms with Crippen LogP contribution in [0.2, 0.25) is 0 Å². The molecule has 0 radical (unpaired) electrons. The maximum atomic E-state index is 12.8. The Kier molecular flexibility index (Phi) is 5.06. The molecule has 6 heteroatoms. The lowest BCUT2D eigenvalue weighted by molar-refractivity contribution is 0.0719. The first kappa shape index (κ1) is 18.7. The van der Waals surface area contributed by atoms with E-state index in [-0.39, 0.29) is 5.91 Å². The number of nitrogens with zero attached hydrogens (tertiary/aromatic N) is 2. The van der Waals surface area contributed by atoms with Crippen LogP contribution in [0.1, 0.15) is 28.9 Å². The van der Waals surface area contributed by atoms with Gasteiger partial charge in [0.25, 0.3) is 5.91 Å². The number of piperidine rings is 1. The molecule has 2 N–H and O–H groups in total. The van der Waals surface area contributed by atoms with Gasteiger partial charge in [-0.25, -0.2) is 0 Å². The molecule has 1 aromatic heterocycles. The van der Waals surface area contributed by atoms with Gasteiger partial charge in [0.2, 0.25) is 0 Å². The third kappa shape index (κ3) is 3.67. The van der Waals surface area contributed by atoms with Crippen molar-refractivity contribution in [3.05, 3.63) is 53.9 Å². The van der Waals surface area contributed by atoms with Crippen molar-refractivity contribution >= 4 is 11.6 Å². The van der Waals surface area contributed by atoms with E-state index >= 15 is 0 Å². The van der Waals surface area contributed by atoms with Crippen LogP contribution in [0.15, 0.2) is 42.6 Å². The van der Waals surface area contributed by atoms with E-state index in [0.717, 1.165) is 39.3 Å². The van der Waals surface area contributed by atoms with Gasteiger partial charge in [-0.2, -0.15) is 0 Å². The molecule has 29 heavy (non-hydrogen) atoms. The molecule has 0 saturated carbocycles. The molecule has 1 unspecified atom stereocenters. The Bertz CT molecular complexity index is 842. The second-order valence-electron chi connectivity index (χ2n) is 8.76. The van der Waals surface area contributed by atoms with Crippen molar-refractivity contribution in [2.24, 2.45) is 5.92 Å². The summed E-state index contributed by atoms with van der Waals surface area (Å²) in [6.45, 7) is 7.07. The molecule has 5 rings (SSSR count). The van der Waals surface area contributed by atoms with Crippen LogP contribution in [0.5, 0.6) is 0 Å². The van der Waals surface area contributed by atoms with Gasteiger partial charge in [-0.15, -0.1) is 0 Å². The van der Waals surface area contributed by atoms with E-state index in [9.17, 15) is 4.79 Å². The summed E-state index contributed by atoms with van der Waals surface area (Å²) in [5.41, 5.74) is 3.78. The molecular weight excluding hydrogens is 364 g/mol. The van der Waals surface area contributed by atoms with Crippen LogP contribution in [0.25, 0.3) is 0 Å². The van der Waals surface area contributed by atoms with Crippen molar-refractivity contribution in [2.45, 2.75) is 18.3 Å². The minimum absolute atomic E-state index is 0.0803. The molecule has 1 spiro atoms. The second-order valence-corrected chi connectivity index (χ2v) is 8.76. The molecule has 154 valence electrons. The van der Waals surface area contributed by atoms with Crippen molar-refractivity contribution in [2.75, 3.05) is 57.8 Å². The SMILES string of the molecule is O=C(c1ccc[nH]1)N1CCOCC(CN2CCC3(CC2)CNc2ccccc23)C1. The molecular formula is C23H30N4O2. The first-order valence-electron chi connectivity index (χ1n) is 10.8. The van der Waals surface area contributed by atoms with E-state index in [4.69, 9.17) is 4.74 Å². The molecule has 6 nitrogen and oxygen atoms in total. The van der Waals surface area contributed by atoms with Crippen molar-refractivity contribution in [3.8, 4) is 0 Å². The van der Waals surface area contributed by atoms with Gasteiger partial charge < -0.3 is 24.8 Å². The Morgan fingerprint density at radius 1 is 1.14 bits per heavy atom. The van der Waals surface area contributed by atoms with Crippen molar-refractivity contribution < 1.29 is 9.53 Å². The standard InChI is InChI=1S/C23H30N4O2/c28-22(21-6-3-9-24-21)27-12-13-29-16-18(15-27)14-26-10-7-23(8-11-26)17-25-20-5-2-1-4-19(20)23/h1-6,9,18,24-25H,7-8,10-17H2. The van der Waals surface area contributed by atoms with Crippen LogP contribution in [0.4, 0.5) is 5.69 Å². The van der Waals surface area contributed by atoms with Gasteiger partial charge in [-0.3, -0.25) is 4.79 Å². The Hall–Kier alpha value is -2.31. The highest BCUT2D eigenvalue weighted by atomic mass is 16.5. The lowest BCUT2D eigenvalue weighted by Gasteiger charge is -2.40. The van der Waals surface area contributed by atoms with Gasteiger partial charge in [0, 0.05) is 49.4 Å². The van der Waals surface area contributed by atoms with E-state index in [1.165, 1.54) is 24.1 Å². The number of aromatic nitrogens is 1. The van der Waals surface area contributed by atoms with E-state index < -0.39 is 0 Å². The third-order valence-corrected chi connectivity index (χ3v) is 6.90. The number of hydrogen-bond donors (Lipinski definition) is 2. The summed E-state index contributed by atoms with van der Waals surface area (Å²) in [4.78, 5) is 20.3. The van der Waals surface area contributed by atoms with Crippen LogP contribution in [0, 0.1) is 5.92 Å². The predicted molar refractivity (Wildman–Crippen MR) is 113 cm³/mol. The zero-order chi connectivity index (χ0) is 19.7. The smallest absolute Gasteiger partial charge is 0.270 e. The first-order valence-corrected chi connectivity index (χ1v) is 10.8. The average molecular weight is 395 g/mol. The van der Waals surface area contributed by atoms with Gasteiger partial charge in [-0.1, -0.05) is 18.2 Å². The molecule has 2 saturated heterocycles. The van der Waals surface area contributed by atoms with Crippen molar-refractivity contribution in [3.63, 3.8) is 0 Å². The fraction of sp³-hybridized carbons (Fsp3) is 0.522. The first-order chi connectivity index (χ1) is 14.2. The molecule has 1 aromatic carbocycles. The number of likely N-dealkylation sites (tertiary alicyclic amines) is 1. The number of para-hydroxylation sites is 1. The van der Waals surface area contributed by atoms with Gasteiger partial charge in [0.1, 0.15) is 5.69 Å². The van der Waals surface area contributed by atoms with E-state index in [0.29, 0.717) is 30.2 Å². The Morgan fingerprint density at radius 3 is 2.83 bits per heavy atom. The molecule has 3 aliphatic rings. The number of rotatable bonds is 3. The monoisotopic (exact) mass is 394 g/mol. The lowest BCUT2D eigenvalue weighted by Crippen LogP contribution is -2.47. The second kappa shape index (κ2) is 7.84. The number of carbonyl (C=O) groups is 1. The fourth-order valence-electron chi connectivity index (χ4n) is 5.24. The van der Waals surface area contributed by atoms with Crippen molar-refractivity contribution in [1.29, 1.82) is 0 Å². The summed E-state index contributed by atoms with van der Waals surface area (Å²) in [6, 6.07) is 12.5. The number of anilines is 1. The number of carbonyl (C=O) groups excluding carboxylic acids is 1. The Labute approximate surface area is 172 Å². The highest BCUT2D eigenvalue weighted by Gasteiger charge is 2.41. The average Bonchev–Trinajstić information content (AvgIpc) is 3.34. The Balaban J connectivity index is 1.20. The topological polar surface area (TPSA) is 60.6 Å². The summed E-state index contributed by atoms with van der Waals surface area (Å²) in [5.74, 6) is 0.441. The largest absolute Gasteiger partial charge is 0.384 e. The fourth-order valence-corrected chi connectivity index (χ4v) is 5.24. The number of hydrogen-bond acceptors (Lipinski definition) is 4. The molecule has 2 aromatic rings. The maximum absolute atomic E-state index is 12.8. The summed E-state index contributed by atoms with van der Waals surface area (Å²) in [6.07, 6.45) is 4.18. The van der Waals surface area contributed by atoms with Gasteiger partial charge in [0.05, 0.1) is 13.2 Å². The number of ether oxygens (including phenoxy) is 1. The molecule has 0 aliphatic carbocycles. The number of fused-ring (bicyclic) bond motifs is 2. The number of benzene rings is 1. The van der Waals surface area contributed by atoms with Crippen molar-refractivity contribution in [1.82, 2.24) is 14.8 Å². The molecule has 1 atom stereocenters. The molecule has 2 fully saturated rings. The van der Waals surface area contributed by atoms with Crippen LogP contribution in [-0.4, -0.2) is 73.2 Å². The molecule has 3 aliphatic heterocycles. The van der Waals surface area contributed by atoms with E-state index in [1.54, 1.807) is 6.20 Å². The van der Waals surface area contributed by atoms with Crippen LogP contribution >= 0.6 is 0 Å². The summed E-state index contributed by atoms with van der Waals surface area (Å²) < 4.78 is 5.85. The minimum atomic E-state index is 0.0803.